The van der Waals surface area contributed by atoms with Gasteiger partial charge in [0.2, 0.25) is 0 Å². The summed E-state index contributed by atoms with van der Waals surface area (Å²) >= 11 is 0. The van der Waals surface area contributed by atoms with Crippen molar-refractivity contribution in [2.45, 2.75) is 39.3 Å². The van der Waals surface area contributed by atoms with E-state index in [0.29, 0.717) is 24.7 Å². The summed E-state index contributed by atoms with van der Waals surface area (Å²) in [5.41, 5.74) is 1.65. The second-order valence-electron chi connectivity index (χ2n) is 4.31. The molecule has 0 aliphatic heterocycles. The third-order valence-corrected chi connectivity index (χ3v) is 2.62. The second-order valence-corrected chi connectivity index (χ2v) is 4.31. The molecule has 0 spiro atoms. The van der Waals surface area contributed by atoms with E-state index in [1.165, 1.54) is 0 Å². The second kappa shape index (κ2) is 6.21. The average molecular weight is 233 g/mol. The van der Waals surface area contributed by atoms with Crippen LogP contribution in [0.15, 0.2) is 18.3 Å². The number of aliphatic hydroxyl groups excluding tert-OH is 1. The Kier molecular flexibility index (Phi) is 4.92. The molecule has 1 aromatic heterocycles. The number of hydrogen-bond acceptors (Lipinski definition) is 4. The molecule has 92 valence electrons. The van der Waals surface area contributed by atoms with E-state index in [2.05, 4.69) is 29.8 Å². The summed E-state index contributed by atoms with van der Waals surface area (Å²) in [7, 11) is 0. The van der Waals surface area contributed by atoms with E-state index in [0.717, 1.165) is 5.69 Å². The number of nitrogens with zero attached hydrogens (tertiary/aromatic N) is 3. The Morgan fingerprint density at radius 1 is 1.41 bits per heavy atom. The summed E-state index contributed by atoms with van der Waals surface area (Å²) in [4.78, 5) is 6.34. The summed E-state index contributed by atoms with van der Waals surface area (Å²) in [5, 5.41) is 18.0. The van der Waals surface area contributed by atoms with Gasteiger partial charge in [0.05, 0.1) is 36.2 Å². The number of rotatable bonds is 5. The molecule has 1 unspecified atom stereocenters. The zero-order chi connectivity index (χ0) is 12.8. The highest BCUT2D eigenvalue weighted by Crippen LogP contribution is 2.18. The molecule has 0 saturated carbocycles. The maximum Gasteiger partial charge on any atom is 0.0931 e. The normalized spacial score (nSPS) is 12.2. The third-order valence-electron chi connectivity index (χ3n) is 2.62. The van der Waals surface area contributed by atoms with Crippen LogP contribution in [0.4, 0.5) is 5.69 Å². The highest BCUT2D eigenvalue weighted by molar-refractivity contribution is 5.45. The molecule has 4 nitrogen and oxygen atoms in total. The van der Waals surface area contributed by atoms with Crippen molar-refractivity contribution in [3.63, 3.8) is 0 Å². The molecule has 4 heteroatoms. The van der Waals surface area contributed by atoms with Crippen molar-refractivity contribution in [2.75, 3.05) is 11.4 Å². The first-order chi connectivity index (χ1) is 8.06. The molecular weight excluding hydrogens is 214 g/mol. The molecule has 0 aromatic carbocycles. The van der Waals surface area contributed by atoms with Gasteiger partial charge in [-0.05, 0) is 32.9 Å². The zero-order valence-electron chi connectivity index (χ0n) is 10.6. The van der Waals surface area contributed by atoms with E-state index >= 15 is 0 Å². The van der Waals surface area contributed by atoms with Gasteiger partial charge in [0.1, 0.15) is 0 Å². The van der Waals surface area contributed by atoms with Crippen LogP contribution < -0.4 is 4.90 Å². The molecule has 0 bridgehead atoms. The SMILES string of the molecule is CC(O)c1ccc(N(CCC#N)C(C)C)cn1. The Hall–Kier alpha value is -1.60. The standard InChI is InChI=1S/C13H19N3O/c1-10(2)16(8-4-7-14)12-5-6-13(11(3)17)15-9-12/h5-6,9-11,17H,4,8H2,1-3H3. The minimum atomic E-state index is -0.546. The van der Waals surface area contributed by atoms with Crippen LogP contribution in [0, 0.1) is 11.3 Å². The zero-order valence-corrected chi connectivity index (χ0v) is 10.6. The minimum absolute atomic E-state index is 0.322. The van der Waals surface area contributed by atoms with E-state index < -0.39 is 6.10 Å². The highest BCUT2D eigenvalue weighted by Gasteiger charge is 2.11. The number of anilines is 1. The van der Waals surface area contributed by atoms with Gasteiger partial charge < -0.3 is 10.0 Å². The lowest BCUT2D eigenvalue weighted by Gasteiger charge is -2.28. The Morgan fingerprint density at radius 3 is 2.53 bits per heavy atom. The van der Waals surface area contributed by atoms with Gasteiger partial charge in [-0.3, -0.25) is 4.98 Å². The average Bonchev–Trinajstić information content (AvgIpc) is 2.29. The van der Waals surface area contributed by atoms with Gasteiger partial charge in [-0.2, -0.15) is 5.26 Å². The quantitative estimate of drug-likeness (QED) is 0.847. The number of aromatic nitrogens is 1. The Balaban J connectivity index is 2.84. The van der Waals surface area contributed by atoms with Gasteiger partial charge in [0.25, 0.3) is 0 Å². The molecule has 0 radical (unpaired) electrons. The van der Waals surface area contributed by atoms with Crippen LogP contribution in [0.3, 0.4) is 0 Å². The van der Waals surface area contributed by atoms with E-state index in [1.807, 2.05) is 12.1 Å². The fourth-order valence-corrected chi connectivity index (χ4v) is 1.67. The molecule has 17 heavy (non-hydrogen) atoms. The molecule has 1 aromatic rings. The van der Waals surface area contributed by atoms with Crippen LogP contribution in [0.25, 0.3) is 0 Å². The molecule has 0 saturated heterocycles. The fraction of sp³-hybridized carbons (Fsp3) is 0.538. The molecule has 1 heterocycles. The summed E-state index contributed by atoms with van der Waals surface area (Å²) in [6, 6.07) is 6.23. The van der Waals surface area contributed by atoms with Gasteiger partial charge in [-0.1, -0.05) is 0 Å². The first-order valence-electron chi connectivity index (χ1n) is 5.84. The maximum absolute atomic E-state index is 9.38. The first-order valence-corrected chi connectivity index (χ1v) is 5.84. The molecule has 0 amide bonds. The van der Waals surface area contributed by atoms with Crippen molar-refractivity contribution >= 4 is 5.69 Å². The molecular formula is C13H19N3O. The molecule has 0 fully saturated rings. The molecule has 0 aliphatic carbocycles. The smallest absolute Gasteiger partial charge is 0.0931 e. The molecule has 0 aliphatic rings. The lowest BCUT2D eigenvalue weighted by Crippen LogP contribution is -2.31. The van der Waals surface area contributed by atoms with Gasteiger partial charge in [-0.15, -0.1) is 0 Å². The van der Waals surface area contributed by atoms with Crippen molar-refractivity contribution in [1.82, 2.24) is 4.98 Å². The first kappa shape index (κ1) is 13.5. The van der Waals surface area contributed by atoms with Crippen LogP contribution in [-0.4, -0.2) is 22.7 Å². The molecule has 1 rings (SSSR count). The van der Waals surface area contributed by atoms with Gasteiger partial charge in [0.15, 0.2) is 0 Å². The van der Waals surface area contributed by atoms with Gasteiger partial charge in [0, 0.05) is 12.6 Å². The fourth-order valence-electron chi connectivity index (χ4n) is 1.67. The van der Waals surface area contributed by atoms with E-state index in [4.69, 9.17) is 5.26 Å². The number of aliphatic hydroxyl groups is 1. The van der Waals surface area contributed by atoms with E-state index in [9.17, 15) is 5.11 Å². The van der Waals surface area contributed by atoms with Crippen LogP contribution in [0.1, 0.15) is 39.0 Å². The van der Waals surface area contributed by atoms with Crippen molar-refractivity contribution in [1.29, 1.82) is 5.26 Å². The largest absolute Gasteiger partial charge is 0.387 e. The Morgan fingerprint density at radius 2 is 2.12 bits per heavy atom. The number of hydrogen-bond donors (Lipinski definition) is 1. The van der Waals surface area contributed by atoms with Gasteiger partial charge >= 0.3 is 0 Å². The predicted octanol–water partition coefficient (Wildman–Crippen LogP) is 2.26. The molecule has 1 N–H and O–H groups in total. The van der Waals surface area contributed by atoms with Crippen LogP contribution in [-0.2, 0) is 0 Å². The topological polar surface area (TPSA) is 60.1 Å². The minimum Gasteiger partial charge on any atom is -0.387 e. The number of nitriles is 1. The Bertz CT molecular complexity index is 379. The highest BCUT2D eigenvalue weighted by atomic mass is 16.3. The lowest BCUT2D eigenvalue weighted by molar-refractivity contribution is 0.194. The summed E-state index contributed by atoms with van der Waals surface area (Å²) in [5.74, 6) is 0. The summed E-state index contributed by atoms with van der Waals surface area (Å²) < 4.78 is 0. The van der Waals surface area contributed by atoms with Crippen molar-refractivity contribution < 1.29 is 5.11 Å². The monoisotopic (exact) mass is 233 g/mol. The van der Waals surface area contributed by atoms with Crippen LogP contribution >= 0.6 is 0 Å². The summed E-state index contributed by atoms with van der Waals surface area (Å²) in [6.07, 6.45) is 1.70. The molecule has 1 atom stereocenters. The van der Waals surface area contributed by atoms with Crippen molar-refractivity contribution in [3.8, 4) is 6.07 Å². The summed E-state index contributed by atoms with van der Waals surface area (Å²) in [6.45, 7) is 6.56. The third kappa shape index (κ3) is 3.72. The van der Waals surface area contributed by atoms with Gasteiger partial charge in [-0.25, -0.2) is 0 Å². The van der Waals surface area contributed by atoms with E-state index in [1.54, 1.807) is 13.1 Å². The maximum atomic E-state index is 9.38. The number of pyridine rings is 1. The van der Waals surface area contributed by atoms with E-state index in [-0.39, 0.29) is 0 Å². The predicted molar refractivity (Wildman–Crippen MR) is 67.6 cm³/mol. The lowest BCUT2D eigenvalue weighted by atomic mass is 10.2. The van der Waals surface area contributed by atoms with Crippen molar-refractivity contribution in [3.05, 3.63) is 24.0 Å². The van der Waals surface area contributed by atoms with Crippen molar-refractivity contribution in [2.24, 2.45) is 0 Å². The van der Waals surface area contributed by atoms with Crippen LogP contribution in [0.5, 0.6) is 0 Å². The van der Waals surface area contributed by atoms with Crippen LogP contribution in [0.2, 0.25) is 0 Å². The Labute approximate surface area is 103 Å².